The van der Waals surface area contributed by atoms with Crippen molar-refractivity contribution in [1.82, 2.24) is 4.98 Å². The largest absolute Gasteiger partial charge is 0.388 e. The summed E-state index contributed by atoms with van der Waals surface area (Å²) in [6.45, 7) is 0. The van der Waals surface area contributed by atoms with Crippen LogP contribution in [0.5, 0.6) is 0 Å². The molecule has 1 heterocycles. The third-order valence-corrected chi connectivity index (χ3v) is 2.02. The zero-order valence-electron chi connectivity index (χ0n) is 6.37. The highest BCUT2D eigenvalue weighted by molar-refractivity contribution is 7.80. The van der Waals surface area contributed by atoms with Gasteiger partial charge in [0.2, 0.25) is 0 Å². The summed E-state index contributed by atoms with van der Waals surface area (Å²) >= 11 is 4.85. The number of aromatic nitrogens is 1. The summed E-state index contributed by atoms with van der Waals surface area (Å²) in [7, 11) is 0. The van der Waals surface area contributed by atoms with E-state index in [1.165, 1.54) is 0 Å². The second-order valence-electron chi connectivity index (χ2n) is 2.63. The predicted molar refractivity (Wildman–Crippen MR) is 54.2 cm³/mol. The van der Waals surface area contributed by atoms with E-state index in [0.29, 0.717) is 4.99 Å². The van der Waals surface area contributed by atoms with E-state index < -0.39 is 0 Å². The lowest BCUT2D eigenvalue weighted by Crippen LogP contribution is -2.09. The van der Waals surface area contributed by atoms with Gasteiger partial charge < -0.3 is 10.7 Å². The Morgan fingerprint density at radius 2 is 2.08 bits per heavy atom. The van der Waals surface area contributed by atoms with Gasteiger partial charge in [-0.25, -0.2) is 0 Å². The van der Waals surface area contributed by atoms with Gasteiger partial charge in [0.15, 0.2) is 0 Å². The first-order valence-electron chi connectivity index (χ1n) is 3.65. The highest BCUT2D eigenvalue weighted by Gasteiger charge is 2.00. The fraction of sp³-hybridized carbons (Fsp3) is 0. The summed E-state index contributed by atoms with van der Waals surface area (Å²) in [5, 5.41) is 1.14. The van der Waals surface area contributed by atoms with Crippen LogP contribution in [-0.2, 0) is 0 Å². The minimum Gasteiger partial charge on any atom is -0.388 e. The van der Waals surface area contributed by atoms with Crippen molar-refractivity contribution in [2.75, 3.05) is 0 Å². The standard InChI is InChI=1S/C9H8N2S/c10-9(12)8-5-6-3-1-2-4-7(6)11-8/h1-5,11H,(H2,10,12). The van der Waals surface area contributed by atoms with Crippen LogP contribution in [0, 0.1) is 0 Å². The van der Waals surface area contributed by atoms with Gasteiger partial charge in [0.05, 0.1) is 5.69 Å². The Hall–Kier alpha value is -1.35. The molecule has 0 amide bonds. The fourth-order valence-corrected chi connectivity index (χ4v) is 1.32. The molecule has 0 spiro atoms. The number of hydrogen-bond acceptors (Lipinski definition) is 1. The molecule has 0 saturated carbocycles. The number of hydrogen-bond donors (Lipinski definition) is 2. The molecule has 1 aromatic heterocycles. The highest BCUT2D eigenvalue weighted by Crippen LogP contribution is 2.13. The zero-order chi connectivity index (χ0) is 8.55. The summed E-state index contributed by atoms with van der Waals surface area (Å²) in [5.41, 5.74) is 7.37. The van der Waals surface area contributed by atoms with Gasteiger partial charge in [-0.2, -0.15) is 0 Å². The highest BCUT2D eigenvalue weighted by atomic mass is 32.1. The maximum Gasteiger partial charge on any atom is 0.120 e. The number of fused-ring (bicyclic) bond motifs is 1. The van der Waals surface area contributed by atoms with Crippen LogP contribution in [0.25, 0.3) is 10.9 Å². The maximum absolute atomic E-state index is 5.48. The molecule has 0 radical (unpaired) electrons. The molecule has 0 atom stereocenters. The predicted octanol–water partition coefficient (Wildman–Crippen LogP) is 1.80. The minimum atomic E-state index is 0.409. The van der Waals surface area contributed by atoms with Crippen LogP contribution in [-0.4, -0.2) is 9.97 Å². The SMILES string of the molecule is NC(=S)c1cc2ccccc2[nH]1. The maximum atomic E-state index is 5.48. The first kappa shape index (κ1) is 7.31. The molecular formula is C9H8N2S. The normalized spacial score (nSPS) is 10.3. The first-order valence-corrected chi connectivity index (χ1v) is 4.06. The van der Waals surface area contributed by atoms with Crippen LogP contribution in [0.4, 0.5) is 0 Å². The van der Waals surface area contributed by atoms with Crippen LogP contribution >= 0.6 is 12.2 Å². The Labute approximate surface area is 75.4 Å². The van der Waals surface area contributed by atoms with Crippen molar-refractivity contribution in [3.8, 4) is 0 Å². The molecular weight excluding hydrogens is 168 g/mol. The number of thiocarbonyl (C=S) groups is 1. The van der Waals surface area contributed by atoms with E-state index in [0.717, 1.165) is 16.6 Å². The summed E-state index contributed by atoms with van der Waals surface area (Å²) in [6.07, 6.45) is 0. The lowest BCUT2D eigenvalue weighted by molar-refractivity contribution is 1.42. The smallest absolute Gasteiger partial charge is 0.120 e. The molecule has 2 nitrogen and oxygen atoms in total. The molecule has 0 aliphatic rings. The van der Waals surface area contributed by atoms with Gasteiger partial charge in [0, 0.05) is 10.9 Å². The van der Waals surface area contributed by atoms with Crippen molar-refractivity contribution in [2.45, 2.75) is 0 Å². The Balaban J connectivity index is 2.70. The van der Waals surface area contributed by atoms with Crippen molar-refractivity contribution in [3.05, 3.63) is 36.0 Å². The number of rotatable bonds is 1. The summed E-state index contributed by atoms with van der Waals surface area (Å²) in [6, 6.07) is 9.93. The van der Waals surface area contributed by atoms with Crippen LogP contribution in [0.2, 0.25) is 0 Å². The lowest BCUT2D eigenvalue weighted by atomic mass is 10.2. The van der Waals surface area contributed by atoms with Gasteiger partial charge in [-0.15, -0.1) is 0 Å². The molecule has 12 heavy (non-hydrogen) atoms. The fourth-order valence-electron chi connectivity index (χ4n) is 1.21. The van der Waals surface area contributed by atoms with E-state index in [2.05, 4.69) is 4.98 Å². The average molecular weight is 176 g/mol. The molecule has 0 aliphatic carbocycles. The Morgan fingerprint density at radius 1 is 1.33 bits per heavy atom. The van der Waals surface area contributed by atoms with Gasteiger partial charge in [0.25, 0.3) is 0 Å². The number of H-pyrrole nitrogens is 1. The molecule has 0 bridgehead atoms. The molecule has 0 saturated heterocycles. The molecule has 2 rings (SSSR count). The van der Waals surface area contributed by atoms with Crippen molar-refractivity contribution >= 4 is 28.1 Å². The molecule has 1 aromatic carbocycles. The second kappa shape index (κ2) is 2.60. The van der Waals surface area contributed by atoms with Crippen molar-refractivity contribution in [3.63, 3.8) is 0 Å². The molecule has 60 valence electrons. The zero-order valence-corrected chi connectivity index (χ0v) is 7.19. The average Bonchev–Trinajstić information content (AvgIpc) is 2.46. The number of para-hydroxylation sites is 1. The van der Waals surface area contributed by atoms with Gasteiger partial charge in [-0.05, 0) is 12.1 Å². The number of benzene rings is 1. The van der Waals surface area contributed by atoms with E-state index in [9.17, 15) is 0 Å². The van der Waals surface area contributed by atoms with E-state index >= 15 is 0 Å². The van der Waals surface area contributed by atoms with E-state index in [1.807, 2.05) is 30.3 Å². The molecule has 0 aliphatic heterocycles. The molecule has 3 heteroatoms. The summed E-state index contributed by atoms with van der Waals surface area (Å²) < 4.78 is 0. The lowest BCUT2D eigenvalue weighted by Gasteiger charge is -1.88. The quantitative estimate of drug-likeness (QED) is 0.650. The number of nitrogens with one attached hydrogen (secondary N) is 1. The van der Waals surface area contributed by atoms with Crippen LogP contribution < -0.4 is 5.73 Å². The van der Waals surface area contributed by atoms with Gasteiger partial charge in [-0.1, -0.05) is 30.4 Å². The first-order chi connectivity index (χ1) is 5.77. The van der Waals surface area contributed by atoms with Crippen molar-refractivity contribution in [1.29, 1.82) is 0 Å². The Bertz CT molecular complexity index is 398. The van der Waals surface area contributed by atoms with E-state index in [1.54, 1.807) is 0 Å². The summed E-state index contributed by atoms with van der Waals surface area (Å²) in [5.74, 6) is 0. The molecule has 0 fully saturated rings. The minimum absolute atomic E-state index is 0.409. The number of nitrogens with two attached hydrogens (primary N) is 1. The Kier molecular flexibility index (Phi) is 1.59. The molecule has 0 unspecified atom stereocenters. The topological polar surface area (TPSA) is 41.8 Å². The second-order valence-corrected chi connectivity index (χ2v) is 3.07. The monoisotopic (exact) mass is 176 g/mol. The van der Waals surface area contributed by atoms with Crippen LogP contribution in [0.15, 0.2) is 30.3 Å². The van der Waals surface area contributed by atoms with E-state index in [4.69, 9.17) is 18.0 Å². The third-order valence-electron chi connectivity index (χ3n) is 1.80. The van der Waals surface area contributed by atoms with Crippen molar-refractivity contribution in [2.24, 2.45) is 5.73 Å². The Morgan fingerprint density at radius 3 is 2.75 bits per heavy atom. The molecule has 3 N–H and O–H groups in total. The van der Waals surface area contributed by atoms with Crippen molar-refractivity contribution < 1.29 is 0 Å². The van der Waals surface area contributed by atoms with Crippen LogP contribution in [0.1, 0.15) is 5.69 Å². The molecule has 2 aromatic rings. The van der Waals surface area contributed by atoms with Crippen LogP contribution in [0.3, 0.4) is 0 Å². The van der Waals surface area contributed by atoms with E-state index in [-0.39, 0.29) is 0 Å². The number of aromatic amines is 1. The summed E-state index contributed by atoms with van der Waals surface area (Å²) in [4.78, 5) is 3.54. The third kappa shape index (κ3) is 1.08. The van der Waals surface area contributed by atoms with Gasteiger partial charge >= 0.3 is 0 Å². The van der Waals surface area contributed by atoms with Gasteiger partial charge in [0.1, 0.15) is 4.99 Å². The van der Waals surface area contributed by atoms with Gasteiger partial charge in [-0.3, -0.25) is 0 Å².